The number of rotatable bonds is 3. The van der Waals surface area contributed by atoms with Gasteiger partial charge in [-0.05, 0) is 55.0 Å². The molecule has 1 fully saturated rings. The van der Waals surface area contributed by atoms with E-state index in [1.54, 1.807) is 0 Å². The highest BCUT2D eigenvalue weighted by Crippen LogP contribution is 2.23. The summed E-state index contributed by atoms with van der Waals surface area (Å²) in [6.07, 6.45) is 2.17. The Morgan fingerprint density at radius 3 is 2.48 bits per heavy atom. The SMILES string of the molecule is Cc1cccc(NC(=O)C2CCN(C(=O)C3Cc4ccccc4CN3)CC2)c1.Cl. The molecule has 2 amide bonds. The first-order valence-corrected chi connectivity index (χ1v) is 10.1. The van der Waals surface area contributed by atoms with Crippen molar-refractivity contribution in [1.82, 2.24) is 10.2 Å². The van der Waals surface area contributed by atoms with Crippen molar-refractivity contribution in [3.05, 3.63) is 65.2 Å². The summed E-state index contributed by atoms with van der Waals surface area (Å²) >= 11 is 0. The highest BCUT2D eigenvalue weighted by atomic mass is 35.5. The molecule has 0 aliphatic carbocycles. The minimum absolute atomic E-state index is 0. The van der Waals surface area contributed by atoms with E-state index in [0.717, 1.165) is 24.2 Å². The molecule has 5 nitrogen and oxygen atoms in total. The summed E-state index contributed by atoms with van der Waals surface area (Å²) in [5.74, 6) is 0.180. The zero-order valence-electron chi connectivity index (χ0n) is 16.7. The smallest absolute Gasteiger partial charge is 0.240 e. The van der Waals surface area contributed by atoms with Crippen LogP contribution in [0.2, 0.25) is 0 Å². The van der Waals surface area contributed by atoms with E-state index >= 15 is 0 Å². The first kappa shape index (κ1) is 21.3. The molecule has 1 atom stereocenters. The van der Waals surface area contributed by atoms with E-state index in [-0.39, 0.29) is 36.2 Å². The predicted molar refractivity (Wildman–Crippen MR) is 117 cm³/mol. The monoisotopic (exact) mass is 413 g/mol. The number of piperidine rings is 1. The first-order chi connectivity index (χ1) is 13.6. The largest absolute Gasteiger partial charge is 0.341 e. The number of hydrogen-bond donors (Lipinski definition) is 2. The van der Waals surface area contributed by atoms with Gasteiger partial charge in [-0.25, -0.2) is 0 Å². The number of benzene rings is 2. The lowest BCUT2D eigenvalue weighted by Crippen LogP contribution is -2.52. The maximum Gasteiger partial charge on any atom is 0.240 e. The van der Waals surface area contributed by atoms with Crippen molar-refractivity contribution in [3.63, 3.8) is 0 Å². The van der Waals surface area contributed by atoms with E-state index in [1.165, 1.54) is 11.1 Å². The minimum Gasteiger partial charge on any atom is -0.341 e. The van der Waals surface area contributed by atoms with Crippen molar-refractivity contribution in [2.24, 2.45) is 5.92 Å². The van der Waals surface area contributed by atoms with Crippen LogP contribution in [0.25, 0.3) is 0 Å². The van der Waals surface area contributed by atoms with Crippen LogP contribution in [0.15, 0.2) is 48.5 Å². The van der Waals surface area contributed by atoms with Crippen molar-refractivity contribution in [2.75, 3.05) is 18.4 Å². The number of halogens is 1. The van der Waals surface area contributed by atoms with Gasteiger partial charge < -0.3 is 15.5 Å². The first-order valence-electron chi connectivity index (χ1n) is 10.1. The number of nitrogens with one attached hydrogen (secondary N) is 2. The maximum absolute atomic E-state index is 12.9. The highest BCUT2D eigenvalue weighted by molar-refractivity contribution is 5.93. The Labute approximate surface area is 178 Å². The molecule has 4 rings (SSSR count). The molecule has 0 bridgehead atoms. The van der Waals surface area contributed by atoms with Crippen molar-refractivity contribution in [2.45, 2.75) is 38.8 Å². The van der Waals surface area contributed by atoms with Crippen LogP contribution >= 0.6 is 12.4 Å². The molecule has 0 radical (unpaired) electrons. The number of anilines is 1. The lowest BCUT2D eigenvalue weighted by Gasteiger charge is -2.35. The van der Waals surface area contributed by atoms with Gasteiger partial charge in [0.25, 0.3) is 0 Å². The lowest BCUT2D eigenvalue weighted by molar-refractivity contribution is -0.136. The molecule has 1 saturated heterocycles. The van der Waals surface area contributed by atoms with Gasteiger partial charge in [-0.2, -0.15) is 0 Å². The summed E-state index contributed by atoms with van der Waals surface area (Å²) in [7, 11) is 0. The zero-order valence-corrected chi connectivity index (χ0v) is 17.5. The third-order valence-electron chi connectivity index (χ3n) is 5.84. The van der Waals surface area contributed by atoms with E-state index in [0.29, 0.717) is 25.9 Å². The van der Waals surface area contributed by atoms with Gasteiger partial charge in [0.15, 0.2) is 0 Å². The molecule has 154 valence electrons. The summed E-state index contributed by atoms with van der Waals surface area (Å²) < 4.78 is 0. The molecule has 2 aliphatic rings. The zero-order chi connectivity index (χ0) is 19.5. The topological polar surface area (TPSA) is 61.4 Å². The van der Waals surface area contributed by atoms with Crippen LogP contribution in [0, 0.1) is 12.8 Å². The van der Waals surface area contributed by atoms with Crippen LogP contribution in [0.5, 0.6) is 0 Å². The Bertz CT molecular complexity index is 878. The molecule has 2 aromatic rings. The number of aryl methyl sites for hydroxylation is 1. The molecular formula is C23H28ClN3O2. The molecule has 2 aromatic carbocycles. The number of carbonyl (C=O) groups excluding carboxylic acids is 2. The maximum atomic E-state index is 12.9. The number of likely N-dealkylation sites (tertiary alicyclic amines) is 1. The molecule has 1 unspecified atom stereocenters. The second kappa shape index (κ2) is 9.42. The van der Waals surface area contributed by atoms with Gasteiger partial charge in [0.1, 0.15) is 0 Å². The van der Waals surface area contributed by atoms with Gasteiger partial charge in [-0.15, -0.1) is 12.4 Å². The Kier molecular flexibility index (Phi) is 6.93. The number of fused-ring (bicyclic) bond motifs is 1. The van der Waals surface area contributed by atoms with Crippen LogP contribution in [0.1, 0.15) is 29.5 Å². The van der Waals surface area contributed by atoms with Gasteiger partial charge in [0.2, 0.25) is 11.8 Å². The lowest BCUT2D eigenvalue weighted by atomic mass is 9.92. The second-order valence-electron chi connectivity index (χ2n) is 7.86. The molecule has 0 spiro atoms. The fraction of sp³-hybridized carbons (Fsp3) is 0.391. The normalized spacial score (nSPS) is 19.1. The molecule has 2 heterocycles. The highest BCUT2D eigenvalue weighted by Gasteiger charge is 2.32. The number of amides is 2. The summed E-state index contributed by atoms with van der Waals surface area (Å²) in [4.78, 5) is 27.4. The van der Waals surface area contributed by atoms with Gasteiger partial charge in [0.05, 0.1) is 6.04 Å². The van der Waals surface area contributed by atoms with Crippen LogP contribution in [-0.4, -0.2) is 35.8 Å². The summed E-state index contributed by atoms with van der Waals surface area (Å²) in [5.41, 5.74) is 4.50. The van der Waals surface area contributed by atoms with Gasteiger partial charge in [0, 0.05) is 31.2 Å². The molecule has 0 aromatic heterocycles. The third-order valence-corrected chi connectivity index (χ3v) is 5.84. The average molecular weight is 414 g/mol. The van der Waals surface area contributed by atoms with E-state index in [9.17, 15) is 9.59 Å². The summed E-state index contributed by atoms with van der Waals surface area (Å²) in [5, 5.41) is 6.39. The number of hydrogen-bond acceptors (Lipinski definition) is 3. The van der Waals surface area contributed by atoms with E-state index in [1.807, 2.05) is 48.2 Å². The fourth-order valence-electron chi connectivity index (χ4n) is 4.18. The average Bonchev–Trinajstić information content (AvgIpc) is 2.73. The molecule has 6 heteroatoms. The van der Waals surface area contributed by atoms with Crippen molar-refractivity contribution in [1.29, 1.82) is 0 Å². The van der Waals surface area contributed by atoms with Crippen LogP contribution in [-0.2, 0) is 22.6 Å². The molecule has 29 heavy (non-hydrogen) atoms. The Morgan fingerprint density at radius 1 is 1.03 bits per heavy atom. The van der Waals surface area contributed by atoms with Crippen LogP contribution in [0.3, 0.4) is 0 Å². The van der Waals surface area contributed by atoms with Gasteiger partial charge in [-0.3, -0.25) is 9.59 Å². The van der Waals surface area contributed by atoms with Crippen LogP contribution < -0.4 is 10.6 Å². The standard InChI is InChI=1S/C23H27N3O2.ClH/c1-16-5-4-8-20(13-16)25-22(27)17-9-11-26(12-10-17)23(28)21-14-18-6-2-3-7-19(18)15-24-21;/h2-8,13,17,21,24H,9-12,14-15H2,1H3,(H,25,27);1H. The van der Waals surface area contributed by atoms with E-state index in [4.69, 9.17) is 0 Å². The minimum atomic E-state index is -0.160. The third kappa shape index (κ3) is 4.98. The number of carbonyl (C=O) groups is 2. The van der Waals surface area contributed by atoms with Crippen molar-refractivity contribution in [3.8, 4) is 0 Å². The molecule has 2 N–H and O–H groups in total. The van der Waals surface area contributed by atoms with E-state index in [2.05, 4.69) is 22.8 Å². The molecular weight excluding hydrogens is 386 g/mol. The predicted octanol–water partition coefficient (Wildman–Crippen LogP) is 3.31. The van der Waals surface area contributed by atoms with Crippen molar-refractivity contribution < 1.29 is 9.59 Å². The van der Waals surface area contributed by atoms with Crippen molar-refractivity contribution >= 4 is 29.9 Å². The van der Waals surface area contributed by atoms with E-state index < -0.39 is 0 Å². The van der Waals surface area contributed by atoms with Gasteiger partial charge >= 0.3 is 0 Å². The summed E-state index contributed by atoms with van der Waals surface area (Å²) in [6.45, 7) is 4.04. The Hall–Kier alpha value is -2.37. The molecule has 0 saturated carbocycles. The fourth-order valence-corrected chi connectivity index (χ4v) is 4.18. The van der Waals surface area contributed by atoms with Crippen LogP contribution in [0.4, 0.5) is 5.69 Å². The second-order valence-corrected chi connectivity index (χ2v) is 7.86. The summed E-state index contributed by atoms with van der Waals surface area (Å²) in [6, 6.07) is 16.0. The van der Waals surface area contributed by atoms with Gasteiger partial charge in [-0.1, -0.05) is 36.4 Å². The Balaban J connectivity index is 0.00000240. The quantitative estimate of drug-likeness (QED) is 0.811. The molecule has 2 aliphatic heterocycles. The Morgan fingerprint density at radius 2 is 1.76 bits per heavy atom. The number of nitrogens with zero attached hydrogens (tertiary/aromatic N) is 1.